The first kappa shape index (κ1) is 16.1. The van der Waals surface area contributed by atoms with Crippen LogP contribution < -0.4 is 5.32 Å². The molecule has 0 bridgehead atoms. The normalized spacial score (nSPS) is 17.1. The van der Waals surface area contributed by atoms with Crippen molar-refractivity contribution in [3.63, 3.8) is 0 Å². The van der Waals surface area contributed by atoms with Gasteiger partial charge in [0.15, 0.2) is 0 Å². The van der Waals surface area contributed by atoms with Crippen LogP contribution in [0.15, 0.2) is 6.07 Å². The number of aliphatic hydroxyl groups excluding tert-OH is 1. The highest BCUT2D eigenvalue weighted by Crippen LogP contribution is 2.16. The van der Waals surface area contributed by atoms with Gasteiger partial charge in [-0.1, -0.05) is 0 Å². The number of anilines is 1. The second kappa shape index (κ2) is 8.26. The topological polar surface area (TPSA) is 70.5 Å². The van der Waals surface area contributed by atoms with Crippen LogP contribution in [0, 0.1) is 6.92 Å². The van der Waals surface area contributed by atoms with E-state index in [-0.39, 0.29) is 12.7 Å². The Hall–Kier alpha value is -1.24. The Labute approximate surface area is 126 Å². The van der Waals surface area contributed by atoms with Gasteiger partial charge >= 0.3 is 0 Å². The van der Waals surface area contributed by atoms with Gasteiger partial charge in [0.25, 0.3) is 0 Å². The summed E-state index contributed by atoms with van der Waals surface area (Å²) >= 11 is 0. The molecular weight excluding hydrogens is 268 g/mol. The van der Waals surface area contributed by atoms with E-state index in [2.05, 4.69) is 27.1 Å². The predicted molar refractivity (Wildman–Crippen MR) is 82.3 cm³/mol. The zero-order chi connectivity index (χ0) is 15.1. The van der Waals surface area contributed by atoms with Crippen molar-refractivity contribution in [2.75, 3.05) is 38.2 Å². The van der Waals surface area contributed by atoms with Crippen LogP contribution in [0.5, 0.6) is 0 Å². The number of aliphatic hydroxyl groups is 1. The number of nitrogens with zero attached hydrogens (tertiary/aromatic N) is 3. The number of piperidine rings is 1. The van der Waals surface area contributed by atoms with Crippen molar-refractivity contribution in [2.24, 2.45) is 0 Å². The lowest BCUT2D eigenvalue weighted by Gasteiger charge is -2.31. The molecule has 21 heavy (non-hydrogen) atoms. The number of ether oxygens (including phenoxy) is 1. The molecule has 1 aliphatic heterocycles. The second-order valence-electron chi connectivity index (χ2n) is 5.41. The van der Waals surface area contributed by atoms with Gasteiger partial charge in [0.2, 0.25) is 0 Å². The maximum Gasteiger partial charge on any atom is 0.144 e. The van der Waals surface area contributed by atoms with Crippen LogP contribution >= 0.6 is 0 Å². The van der Waals surface area contributed by atoms with E-state index < -0.39 is 0 Å². The van der Waals surface area contributed by atoms with E-state index in [9.17, 15) is 0 Å². The van der Waals surface area contributed by atoms with E-state index >= 15 is 0 Å². The van der Waals surface area contributed by atoms with Crippen LogP contribution in [0.3, 0.4) is 0 Å². The van der Waals surface area contributed by atoms with Gasteiger partial charge in [-0.05, 0) is 26.7 Å². The van der Waals surface area contributed by atoms with Gasteiger partial charge in [-0.15, -0.1) is 0 Å². The highest BCUT2D eigenvalue weighted by Gasteiger charge is 2.20. The van der Waals surface area contributed by atoms with E-state index in [0.717, 1.165) is 56.4 Å². The maximum absolute atomic E-state index is 8.78. The van der Waals surface area contributed by atoms with Crippen molar-refractivity contribution in [3.05, 3.63) is 17.6 Å². The quantitative estimate of drug-likeness (QED) is 0.787. The van der Waals surface area contributed by atoms with Crippen molar-refractivity contribution in [3.8, 4) is 0 Å². The summed E-state index contributed by atoms with van der Waals surface area (Å²) in [5.41, 5.74) is 0.997. The molecule has 0 amide bonds. The van der Waals surface area contributed by atoms with E-state index in [1.165, 1.54) is 0 Å². The van der Waals surface area contributed by atoms with Crippen LogP contribution in [-0.4, -0.2) is 58.9 Å². The molecule has 2 rings (SSSR count). The summed E-state index contributed by atoms with van der Waals surface area (Å²) in [6, 6.07) is 1.97. The second-order valence-corrected chi connectivity index (χ2v) is 5.41. The molecule has 2 N–H and O–H groups in total. The highest BCUT2D eigenvalue weighted by molar-refractivity contribution is 5.35. The fraction of sp³-hybridized carbons (Fsp3) is 0.733. The smallest absolute Gasteiger partial charge is 0.144 e. The Morgan fingerprint density at radius 1 is 1.38 bits per heavy atom. The first-order valence-corrected chi connectivity index (χ1v) is 7.74. The van der Waals surface area contributed by atoms with Gasteiger partial charge in [0, 0.05) is 31.4 Å². The molecule has 2 heterocycles. The molecule has 0 spiro atoms. The third-order valence-corrected chi connectivity index (χ3v) is 3.60. The standard InChI is InChI=1S/C15H26N4O2/c1-3-16-14-10-12(2)17-15(18-14)11-19-6-4-13(5-7-19)21-9-8-20/h10,13,20H,3-9,11H2,1-2H3,(H,16,17,18). The number of likely N-dealkylation sites (tertiary alicyclic amines) is 1. The monoisotopic (exact) mass is 294 g/mol. The van der Waals surface area contributed by atoms with Crippen LogP contribution in [-0.2, 0) is 11.3 Å². The highest BCUT2D eigenvalue weighted by atomic mass is 16.5. The Morgan fingerprint density at radius 3 is 2.81 bits per heavy atom. The van der Waals surface area contributed by atoms with Crippen LogP contribution in [0.2, 0.25) is 0 Å². The molecule has 1 saturated heterocycles. The number of aromatic nitrogens is 2. The van der Waals surface area contributed by atoms with Crippen molar-refractivity contribution in [2.45, 2.75) is 39.3 Å². The molecule has 0 radical (unpaired) electrons. The molecular formula is C15H26N4O2. The minimum atomic E-state index is 0.102. The summed E-state index contributed by atoms with van der Waals surface area (Å²) in [5, 5.41) is 12.0. The number of rotatable bonds is 7. The van der Waals surface area contributed by atoms with Gasteiger partial charge in [0.1, 0.15) is 11.6 Å². The van der Waals surface area contributed by atoms with E-state index in [4.69, 9.17) is 9.84 Å². The molecule has 1 aromatic rings. The molecule has 118 valence electrons. The largest absolute Gasteiger partial charge is 0.394 e. The lowest BCUT2D eigenvalue weighted by molar-refractivity contribution is -0.00938. The molecule has 1 fully saturated rings. The minimum absolute atomic E-state index is 0.102. The van der Waals surface area contributed by atoms with Gasteiger partial charge in [-0.2, -0.15) is 0 Å². The summed E-state index contributed by atoms with van der Waals surface area (Å²) in [7, 11) is 0. The third-order valence-electron chi connectivity index (χ3n) is 3.60. The number of nitrogens with one attached hydrogen (secondary N) is 1. The number of hydrogen-bond donors (Lipinski definition) is 2. The Morgan fingerprint density at radius 2 is 2.14 bits per heavy atom. The van der Waals surface area contributed by atoms with Gasteiger partial charge < -0.3 is 15.2 Å². The molecule has 1 aromatic heterocycles. The van der Waals surface area contributed by atoms with Crippen molar-refractivity contribution >= 4 is 5.82 Å². The third kappa shape index (κ3) is 5.22. The summed E-state index contributed by atoms with van der Waals surface area (Å²) in [5.74, 6) is 1.78. The number of hydrogen-bond acceptors (Lipinski definition) is 6. The molecule has 1 aliphatic rings. The average molecular weight is 294 g/mol. The van der Waals surface area contributed by atoms with Gasteiger partial charge in [0.05, 0.1) is 25.9 Å². The summed E-state index contributed by atoms with van der Waals surface area (Å²) in [6.07, 6.45) is 2.29. The SMILES string of the molecule is CCNc1cc(C)nc(CN2CCC(OCCO)CC2)n1. The van der Waals surface area contributed by atoms with Crippen molar-refractivity contribution < 1.29 is 9.84 Å². The predicted octanol–water partition coefficient (Wildman–Crippen LogP) is 1.19. The lowest BCUT2D eigenvalue weighted by Crippen LogP contribution is -2.37. The van der Waals surface area contributed by atoms with E-state index in [1.807, 2.05) is 13.0 Å². The van der Waals surface area contributed by atoms with E-state index in [1.54, 1.807) is 0 Å². The lowest BCUT2D eigenvalue weighted by atomic mass is 10.1. The fourth-order valence-electron chi connectivity index (χ4n) is 2.63. The van der Waals surface area contributed by atoms with Gasteiger partial charge in [-0.25, -0.2) is 9.97 Å². The van der Waals surface area contributed by atoms with Crippen LogP contribution in [0.25, 0.3) is 0 Å². The maximum atomic E-state index is 8.78. The summed E-state index contributed by atoms with van der Waals surface area (Å²) in [6.45, 7) is 8.24. The fourth-order valence-corrected chi connectivity index (χ4v) is 2.63. The molecule has 0 saturated carbocycles. The minimum Gasteiger partial charge on any atom is -0.394 e. The van der Waals surface area contributed by atoms with Crippen LogP contribution in [0.4, 0.5) is 5.82 Å². The van der Waals surface area contributed by atoms with E-state index in [0.29, 0.717) is 6.61 Å². The molecule has 6 heteroatoms. The summed E-state index contributed by atoms with van der Waals surface area (Å²) < 4.78 is 5.58. The summed E-state index contributed by atoms with van der Waals surface area (Å²) in [4.78, 5) is 11.4. The average Bonchev–Trinajstić information content (AvgIpc) is 2.46. The first-order chi connectivity index (χ1) is 10.2. The first-order valence-electron chi connectivity index (χ1n) is 7.74. The Balaban J connectivity index is 1.85. The zero-order valence-corrected chi connectivity index (χ0v) is 13.0. The Kier molecular flexibility index (Phi) is 6.35. The molecule has 0 aliphatic carbocycles. The molecule has 6 nitrogen and oxygen atoms in total. The Bertz CT molecular complexity index is 434. The van der Waals surface area contributed by atoms with Crippen molar-refractivity contribution in [1.82, 2.24) is 14.9 Å². The van der Waals surface area contributed by atoms with Crippen molar-refractivity contribution in [1.29, 1.82) is 0 Å². The van der Waals surface area contributed by atoms with Crippen LogP contribution in [0.1, 0.15) is 31.3 Å². The number of aryl methyl sites for hydroxylation is 1. The molecule has 0 unspecified atom stereocenters. The van der Waals surface area contributed by atoms with Gasteiger partial charge in [-0.3, -0.25) is 4.90 Å². The molecule has 0 aromatic carbocycles. The molecule has 0 atom stereocenters. The zero-order valence-electron chi connectivity index (χ0n) is 13.0.